The largest absolute Gasteiger partial charge is 0.478 e. The Hall–Kier alpha value is -1.09. The molecule has 0 aliphatic rings. The van der Waals surface area contributed by atoms with Crippen LogP contribution in [0.4, 0.5) is 0 Å². The summed E-state index contributed by atoms with van der Waals surface area (Å²) in [6, 6.07) is 4.08. The summed E-state index contributed by atoms with van der Waals surface area (Å²) in [6.45, 7) is 6.09. The Morgan fingerprint density at radius 3 is 2.73 bits per heavy atom. The number of nitrogens with zero attached hydrogens (tertiary/aromatic N) is 2. The van der Waals surface area contributed by atoms with Crippen LogP contribution in [0.5, 0.6) is 5.88 Å². The van der Waals surface area contributed by atoms with Gasteiger partial charge in [0.05, 0.1) is 13.2 Å². The molecule has 1 unspecified atom stereocenters. The van der Waals surface area contributed by atoms with Gasteiger partial charge in [0.25, 0.3) is 0 Å². The molecule has 0 aromatic carbocycles. The molecule has 1 heterocycles. The Labute approximate surface area is 150 Å². The van der Waals surface area contributed by atoms with E-state index in [2.05, 4.69) is 27.5 Å². The maximum absolute atomic E-state index is 5.45. The van der Waals surface area contributed by atoms with Crippen molar-refractivity contribution in [1.82, 2.24) is 15.6 Å². The molecule has 0 saturated heterocycles. The second kappa shape index (κ2) is 12.5. The topological polar surface area (TPSA) is 67.8 Å². The van der Waals surface area contributed by atoms with Crippen molar-refractivity contribution in [2.75, 3.05) is 27.4 Å². The number of pyridine rings is 1. The fraction of sp³-hybridized carbons (Fsp3) is 0.600. The van der Waals surface area contributed by atoms with Gasteiger partial charge in [-0.3, -0.25) is 4.99 Å². The van der Waals surface area contributed by atoms with E-state index in [0.717, 1.165) is 17.9 Å². The molecule has 0 fully saturated rings. The maximum Gasteiger partial charge on any atom is 0.213 e. The third-order valence-electron chi connectivity index (χ3n) is 2.74. The van der Waals surface area contributed by atoms with E-state index >= 15 is 0 Å². The van der Waals surface area contributed by atoms with Crippen molar-refractivity contribution in [1.29, 1.82) is 0 Å². The second-order valence-electron chi connectivity index (χ2n) is 4.78. The summed E-state index contributed by atoms with van der Waals surface area (Å²) < 4.78 is 10.5. The van der Waals surface area contributed by atoms with Crippen molar-refractivity contribution >= 4 is 29.9 Å². The van der Waals surface area contributed by atoms with Gasteiger partial charge in [-0.05, 0) is 18.9 Å². The van der Waals surface area contributed by atoms with E-state index in [1.807, 2.05) is 25.3 Å². The zero-order valence-electron chi connectivity index (χ0n) is 13.8. The van der Waals surface area contributed by atoms with E-state index in [-0.39, 0.29) is 30.0 Å². The SMILES string of the molecule is CCCOc1ccc(CNC(=NC)NC(C)COC)cn1.I. The van der Waals surface area contributed by atoms with Gasteiger partial charge in [-0.1, -0.05) is 13.0 Å². The number of ether oxygens (including phenoxy) is 2. The van der Waals surface area contributed by atoms with Crippen molar-refractivity contribution in [3.8, 4) is 5.88 Å². The Morgan fingerprint density at radius 1 is 1.41 bits per heavy atom. The number of aromatic nitrogens is 1. The number of rotatable bonds is 8. The molecule has 0 amide bonds. The molecule has 0 spiro atoms. The highest BCUT2D eigenvalue weighted by molar-refractivity contribution is 14.0. The van der Waals surface area contributed by atoms with Crippen LogP contribution in [-0.2, 0) is 11.3 Å². The van der Waals surface area contributed by atoms with E-state index < -0.39 is 0 Å². The maximum atomic E-state index is 5.45. The predicted octanol–water partition coefficient (Wildman–Crippen LogP) is 2.19. The van der Waals surface area contributed by atoms with E-state index in [0.29, 0.717) is 25.6 Å². The fourth-order valence-electron chi connectivity index (χ4n) is 1.71. The van der Waals surface area contributed by atoms with Crippen LogP contribution in [0.1, 0.15) is 25.8 Å². The van der Waals surface area contributed by atoms with E-state index in [4.69, 9.17) is 9.47 Å². The van der Waals surface area contributed by atoms with Gasteiger partial charge in [0.2, 0.25) is 5.88 Å². The normalized spacial score (nSPS) is 12.3. The van der Waals surface area contributed by atoms with Gasteiger partial charge in [0, 0.05) is 39.0 Å². The highest BCUT2D eigenvalue weighted by Gasteiger charge is 2.04. The Balaban J connectivity index is 0.00000441. The summed E-state index contributed by atoms with van der Waals surface area (Å²) in [5, 5.41) is 6.49. The molecular formula is C15H27IN4O2. The number of hydrogen-bond donors (Lipinski definition) is 2. The Kier molecular flexibility index (Phi) is 11.8. The minimum Gasteiger partial charge on any atom is -0.478 e. The summed E-state index contributed by atoms with van der Waals surface area (Å²) in [4.78, 5) is 8.45. The Morgan fingerprint density at radius 2 is 2.18 bits per heavy atom. The summed E-state index contributed by atoms with van der Waals surface area (Å²) in [7, 11) is 3.43. The van der Waals surface area contributed by atoms with E-state index in [1.54, 1.807) is 14.2 Å². The van der Waals surface area contributed by atoms with Gasteiger partial charge in [0.1, 0.15) is 0 Å². The quantitative estimate of drug-likeness (QED) is 0.382. The molecule has 0 aliphatic heterocycles. The number of hydrogen-bond acceptors (Lipinski definition) is 4. The molecule has 0 saturated carbocycles. The number of methoxy groups -OCH3 is 1. The van der Waals surface area contributed by atoms with Gasteiger partial charge in [-0.25, -0.2) is 4.98 Å². The summed E-state index contributed by atoms with van der Waals surface area (Å²) in [5.41, 5.74) is 1.07. The summed E-state index contributed by atoms with van der Waals surface area (Å²) >= 11 is 0. The number of halogens is 1. The van der Waals surface area contributed by atoms with Crippen LogP contribution in [0.2, 0.25) is 0 Å². The summed E-state index contributed by atoms with van der Waals surface area (Å²) in [6.07, 6.45) is 2.79. The first-order valence-electron chi connectivity index (χ1n) is 7.23. The van der Waals surface area contributed by atoms with Gasteiger partial charge >= 0.3 is 0 Å². The number of guanidine groups is 1. The first kappa shape index (κ1) is 20.9. The molecule has 0 radical (unpaired) electrons. The van der Waals surface area contributed by atoms with Gasteiger partial charge in [-0.2, -0.15) is 0 Å². The van der Waals surface area contributed by atoms with Crippen molar-refractivity contribution in [3.05, 3.63) is 23.9 Å². The first-order chi connectivity index (χ1) is 10.2. The highest BCUT2D eigenvalue weighted by atomic mass is 127. The molecule has 7 heteroatoms. The fourth-order valence-corrected chi connectivity index (χ4v) is 1.71. The lowest BCUT2D eigenvalue weighted by atomic mass is 10.3. The van der Waals surface area contributed by atoms with Crippen LogP contribution in [0.15, 0.2) is 23.3 Å². The Bertz CT molecular complexity index is 426. The lowest BCUT2D eigenvalue weighted by Gasteiger charge is -2.17. The molecular weight excluding hydrogens is 395 g/mol. The van der Waals surface area contributed by atoms with E-state index in [1.165, 1.54) is 0 Å². The van der Waals surface area contributed by atoms with Gasteiger partial charge < -0.3 is 20.1 Å². The first-order valence-corrected chi connectivity index (χ1v) is 7.23. The molecule has 1 aromatic heterocycles. The van der Waals surface area contributed by atoms with Crippen LogP contribution < -0.4 is 15.4 Å². The van der Waals surface area contributed by atoms with Crippen LogP contribution in [-0.4, -0.2) is 44.4 Å². The minimum absolute atomic E-state index is 0. The molecule has 2 N–H and O–H groups in total. The number of aliphatic imine (C=N–C) groups is 1. The second-order valence-corrected chi connectivity index (χ2v) is 4.78. The smallest absolute Gasteiger partial charge is 0.213 e. The third kappa shape index (κ3) is 8.38. The molecule has 1 rings (SSSR count). The lowest BCUT2D eigenvalue weighted by molar-refractivity contribution is 0.179. The van der Waals surface area contributed by atoms with Crippen molar-refractivity contribution < 1.29 is 9.47 Å². The zero-order chi connectivity index (χ0) is 15.5. The third-order valence-corrected chi connectivity index (χ3v) is 2.74. The average Bonchev–Trinajstić information content (AvgIpc) is 2.50. The lowest BCUT2D eigenvalue weighted by Crippen LogP contribution is -2.43. The van der Waals surface area contributed by atoms with Crippen LogP contribution >= 0.6 is 24.0 Å². The average molecular weight is 422 g/mol. The van der Waals surface area contributed by atoms with Crippen molar-refractivity contribution in [3.63, 3.8) is 0 Å². The molecule has 0 aliphatic carbocycles. The molecule has 6 nitrogen and oxygen atoms in total. The monoisotopic (exact) mass is 422 g/mol. The highest BCUT2D eigenvalue weighted by Crippen LogP contribution is 2.07. The minimum atomic E-state index is 0. The van der Waals surface area contributed by atoms with Gasteiger partial charge in [-0.15, -0.1) is 24.0 Å². The number of nitrogens with one attached hydrogen (secondary N) is 2. The van der Waals surface area contributed by atoms with Crippen LogP contribution in [0.3, 0.4) is 0 Å². The standard InChI is InChI=1S/C15H26N4O2.HI/c1-5-8-21-14-7-6-13(9-17-14)10-18-15(16-3)19-12(2)11-20-4;/h6-7,9,12H,5,8,10-11H2,1-4H3,(H2,16,18,19);1H. The molecule has 1 atom stereocenters. The zero-order valence-corrected chi connectivity index (χ0v) is 16.1. The predicted molar refractivity (Wildman–Crippen MR) is 100 cm³/mol. The summed E-state index contributed by atoms with van der Waals surface area (Å²) in [5.74, 6) is 1.41. The van der Waals surface area contributed by atoms with Crippen LogP contribution in [0, 0.1) is 0 Å². The molecule has 22 heavy (non-hydrogen) atoms. The molecule has 0 bridgehead atoms. The van der Waals surface area contributed by atoms with E-state index in [9.17, 15) is 0 Å². The van der Waals surface area contributed by atoms with Crippen molar-refractivity contribution in [2.24, 2.45) is 4.99 Å². The van der Waals surface area contributed by atoms with Gasteiger partial charge in [0.15, 0.2) is 5.96 Å². The van der Waals surface area contributed by atoms with Crippen LogP contribution in [0.25, 0.3) is 0 Å². The molecule has 126 valence electrons. The molecule has 1 aromatic rings. The van der Waals surface area contributed by atoms with Crippen molar-refractivity contribution in [2.45, 2.75) is 32.9 Å².